The maximum atomic E-state index is 11.6. The van der Waals surface area contributed by atoms with Crippen LogP contribution in [0.25, 0.3) is 0 Å². The van der Waals surface area contributed by atoms with Crippen molar-refractivity contribution in [2.75, 3.05) is 0 Å². The van der Waals surface area contributed by atoms with E-state index in [0.717, 1.165) is 12.8 Å². The molecular formula is C12H22N2O3. The van der Waals surface area contributed by atoms with E-state index >= 15 is 0 Å². The molecule has 2 amide bonds. The molecule has 1 aliphatic carbocycles. The van der Waals surface area contributed by atoms with Gasteiger partial charge < -0.3 is 16.2 Å². The van der Waals surface area contributed by atoms with E-state index in [1.165, 1.54) is 0 Å². The van der Waals surface area contributed by atoms with E-state index in [0.29, 0.717) is 18.8 Å². The lowest BCUT2D eigenvalue weighted by Gasteiger charge is -2.18. The highest BCUT2D eigenvalue weighted by atomic mass is 16.3. The van der Waals surface area contributed by atoms with Crippen LogP contribution in [0.2, 0.25) is 0 Å². The summed E-state index contributed by atoms with van der Waals surface area (Å²) in [6.45, 7) is 3.85. The monoisotopic (exact) mass is 242 g/mol. The van der Waals surface area contributed by atoms with Gasteiger partial charge in [-0.2, -0.15) is 0 Å². The number of hydrogen-bond donors (Lipinski definition) is 3. The Kier molecular flexibility index (Phi) is 4.93. The van der Waals surface area contributed by atoms with E-state index in [9.17, 15) is 14.7 Å². The number of rotatable bonds is 7. The van der Waals surface area contributed by atoms with E-state index in [1.807, 2.05) is 13.8 Å². The molecule has 1 saturated carbocycles. The molecule has 5 nitrogen and oxygen atoms in total. The van der Waals surface area contributed by atoms with Gasteiger partial charge in [0.15, 0.2) is 0 Å². The topological polar surface area (TPSA) is 92.4 Å². The summed E-state index contributed by atoms with van der Waals surface area (Å²) in [5, 5.41) is 12.1. The number of amides is 2. The van der Waals surface area contributed by atoms with E-state index in [2.05, 4.69) is 5.32 Å². The van der Waals surface area contributed by atoms with Gasteiger partial charge in [0.25, 0.3) is 0 Å². The molecule has 0 saturated heterocycles. The standard InChI is InChI=1S/C12H22N2O3/c1-7(2)5-10(15)12(17)14-9(11(13)16)6-8-3-4-8/h7-10,15H,3-6H2,1-2H3,(H2,13,16)(H,14,17)/t9-,10+/m1/s1. The largest absolute Gasteiger partial charge is 0.383 e. The Morgan fingerprint density at radius 1 is 1.41 bits per heavy atom. The molecule has 17 heavy (non-hydrogen) atoms. The van der Waals surface area contributed by atoms with Gasteiger partial charge in [0, 0.05) is 0 Å². The molecule has 0 aromatic rings. The van der Waals surface area contributed by atoms with Gasteiger partial charge in [-0.25, -0.2) is 0 Å². The first-order valence-corrected chi connectivity index (χ1v) is 6.18. The van der Waals surface area contributed by atoms with E-state index < -0.39 is 24.0 Å². The molecular weight excluding hydrogens is 220 g/mol. The lowest BCUT2D eigenvalue weighted by molar-refractivity contribution is -0.133. The lowest BCUT2D eigenvalue weighted by atomic mass is 10.0. The Hall–Kier alpha value is -1.10. The van der Waals surface area contributed by atoms with Crippen LogP contribution in [0.5, 0.6) is 0 Å². The van der Waals surface area contributed by atoms with Crippen molar-refractivity contribution in [3.8, 4) is 0 Å². The van der Waals surface area contributed by atoms with Crippen molar-refractivity contribution in [1.82, 2.24) is 5.32 Å². The summed E-state index contributed by atoms with van der Waals surface area (Å²) < 4.78 is 0. The second-order valence-corrected chi connectivity index (χ2v) is 5.29. The molecule has 1 fully saturated rings. The maximum absolute atomic E-state index is 11.6. The lowest BCUT2D eigenvalue weighted by Crippen LogP contribution is -2.48. The number of nitrogens with two attached hydrogens (primary N) is 1. The van der Waals surface area contributed by atoms with Gasteiger partial charge in [0.2, 0.25) is 11.8 Å². The number of carbonyl (C=O) groups is 2. The zero-order valence-electron chi connectivity index (χ0n) is 10.5. The summed E-state index contributed by atoms with van der Waals surface area (Å²) in [7, 11) is 0. The molecule has 1 aliphatic rings. The number of primary amides is 1. The molecule has 98 valence electrons. The van der Waals surface area contributed by atoms with E-state index in [4.69, 9.17) is 5.73 Å². The van der Waals surface area contributed by atoms with Crippen molar-refractivity contribution >= 4 is 11.8 Å². The van der Waals surface area contributed by atoms with Crippen LogP contribution >= 0.6 is 0 Å². The third-order valence-electron chi connectivity index (χ3n) is 2.92. The van der Waals surface area contributed by atoms with Crippen molar-refractivity contribution in [2.45, 2.75) is 51.7 Å². The summed E-state index contributed by atoms with van der Waals surface area (Å²) in [6.07, 6.45) is 2.11. The number of aliphatic hydroxyl groups is 1. The molecule has 0 aliphatic heterocycles. The van der Waals surface area contributed by atoms with Crippen LogP contribution in [0.1, 0.15) is 39.5 Å². The molecule has 1 rings (SSSR count). The second kappa shape index (κ2) is 6.00. The Bertz CT molecular complexity index is 287. The predicted molar refractivity (Wildman–Crippen MR) is 63.9 cm³/mol. The summed E-state index contributed by atoms with van der Waals surface area (Å²) in [5.41, 5.74) is 5.23. The molecule has 5 heteroatoms. The second-order valence-electron chi connectivity index (χ2n) is 5.29. The van der Waals surface area contributed by atoms with Gasteiger partial charge >= 0.3 is 0 Å². The number of aliphatic hydroxyl groups excluding tert-OH is 1. The third kappa shape index (κ3) is 5.17. The highest BCUT2D eigenvalue weighted by molar-refractivity contribution is 5.88. The van der Waals surface area contributed by atoms with Crippen molar-refractivity contribution in [1.29, 1.82) is 0 Å². The number of hydrogen-bond acceptors (Lipinski definition) is 3. The molecule has 0 heterocycles. The Balaban J connectivity index is 2.41. The SMILES string of the molecule is CC(C)C[C@H](O)C(=O)N[C@H](CC1CC1)C(N)=O. The summed E-state index contributed by atoms with van der Waals surface area (Å²) in [4.78, 5) is 22.8. The van der Waals surface area contributed by atoms with Gasteiger partial charge in [-0.3, -0.25) is 9.59 Å². The van der Waals surface area contributed by atoms with Gasteiger partial charge in [-0.05, 0) is 24.7 Å². The fourth-order valence-corrected chi connectivity index (χ4v) is 1.75. The van der Waals surface area contributed by atoms with Crippen LogP contribution in [-0.2, 0) is 9.59 Å². The molecule has 4 N–H and O–H groups in total. The Morgan fingerprint density at radius 3 is 2.41 bits per heavy atom. The molecule has 0 spiro atoms. The fraction of sp³-hybridized carbons (Fsp3) is 0.833. The maximum Gasteiger partial charge on any atom is 0.249 e. The number of carbonyl (C=O) groups excluding carboxylic acids is 2. The van der Waals surface area contributed by atoms with Crippen LogP contribution in [-0.4, -0.2) is 29.1 Å². The molecule has 0 unspecified atom stereocenters. The quantitative estimate of drug-likeness (QED) is 0.594. The Morgan fingerprint density at radius 2 is 2.00 bits per heavy atom. The highest BCUT2D eigenvalue weighted by Crippen LogP contribution is 2.33. The Labute approximate surface area is 102 Å². The van der Waals surface area contributed by atoms with Crippen LogP contribution in [0.15, 0.2) is 0 Å². The molecule has 0 radical (unpaired) electrons. The minimum atomic E-state index is -1.06. The van der Waals surface area contributed by atoms with Gasteiger partial charge in [0.05, 0.1) is 0 Å². The van der Waals surface area contributed by atoms with Crippen LogP contribution in [0, 0.1) is 11.8 Å². The normalized spacial score (nSPS) is 18.8. The van der Waals surface area contributed by atoms with Crippen molar-refractivity contribution in [3.05, 3.63) is 0 Å². The van der Waals surface area contributed by atoms with Crippen molar-refractivity contribution in [3.63, 3.8) is 0 Å². The zero-order valence-corrected chi connectivity index (χ0v) is 10.5. The average Bonchev–Trinajstić information content (AvgIpc) is 2.99. The predicted octanol–water partition coefficient (Wildman–Crippen LogP) is 0.164. The molecule has 0 bridgehead atoms. The number of nitrogens with one attached hydrogen (secondary N) is 1. The minimum Gasteiger partial charge on any atom is -0.383 e. The average molecular weight is 242 g/mol. The van der Waals surface area contributed by atoms with Crippen LogP contribution < -0.4 is 11.1 Å². The molecule has 0 aromatic carbocycles. The highest BCUT2D eigenvalue weighted by Gasteiger charge is 2.30. The van der Waals surface area contributed by atoms with E-state index in [1.54, 1.807) is 0 Å². The summed E-state index contributed by atoms with van der Waals surface area (Å²) in [5.74, 6) is -0.300. The van der Waals surface area contributed by atoms with Gasteiger partial charge in [-0.15, -0.1) is 0 Å². The van der Waals surface area contributed by atoms with Crippen molar-refractivity contribution < 1.29 is 14.7 Å². The fourth-order valence-electron chi connectivity index (χ4n) is 1.75. The van der Waals surface area contributed by atoms with Crippen LogP contribution in [0.4, 0.5) is 0 Å². The third-order valence-corrected chi connectivity index (χ3v) is 2.92. The van der Waals surface area contributed by atoms with E-state index in [-0.39, 0.29) is 5.92 Å². The van der Waals surface area contributed by atoms with Gasteiger partial charge in [0.1, 0.15) is 12.1 Å². The first kappa shape index (κ1) is 14.0. The van der Waals surface area contributed by atoms with Gasteiger partial charge in [-0.1, -0.05) is 26.7 Å². The first-order chi connectivity index (χ1) is 7.90. The summed E-state index contributed by atoms with van der Waals surface area (Å²) >= 11 is 0. The molecule has 2 atom stereocenters. The smallest absolute Gasteiger partial charge is 0.249 e. The zero-order chi connectivity index (χ0) is 13.0. The minimum absolute atomic E-state index is 0.228. The summed E-state index contributed by atoms with van der Waals surface area (Å²) in [6, 6.07) is -0.642. The molecule has 0 aromatic heterocycles. The van der Waals surface area contributed by atoms with Crippen molar-refractivity contribution in [2.24, 2.45) is 17.6 Å². The van der Waals surface area contributed by atoms with Crippen LogP contribution in [0.3, 0.4) is 0 Å². The first-order valence-electron chi connectivity index (χ1n) is 6.18.